The van der Waals surface area contributed by atoms with Crippen molar-refractivity contribution in [3.8, 4) is 0 Å². The standard InChI is InChI=1S/C14H24ClN3/c1-3-18-13(8-11(2)17-18)10-16-14-7-5-4-6-12(14)9-15/h8,12,14,16H,3-7,9-10H2,1-2H3. The van der Waals surface area contributed by atoms with Crippen molar-refractivity contribution < 1.29 is 0 Å². The second-order valence-corrected chi connectivity index (χ2v) is 5.59. The highest BCUT2D eigenvalue weighted by atomic mass is 35.5. The summed E-state index contributed by atoms with van der Waals surface area (Å²) in [7, 11) is 0. The van der Waals surface area contributed by atoms with Gasteiger partial charge in [-0.25, -0.2) is 0 Å². The Morgan fingerprint density at radius 1 is 1.44 bits per heavy atom. The Kier molecular flexibility index (Phi) is 5.07. The number of alkyl halides is 1. The van der Waals surface area contributed by atoms with Crippen molar-refractivity contribution in [1.82, 2.24) is 15.1 Å². The number of aryl methyl sites for hydroxylation is 2. The normalized spacial score (nSPS) is 24.4. The second-order valence-electron chi connectivity index (χ2n) is 5.28. The molecule has 1 heterocycles. The Morgan fingerprint density at radius 3 is 2.94 bits per heavy atom. The summed E-state index contributed by atoms with van der Waals surface area (Å²) in [5.41, 5.74) is 2.39. The van der Waals surface area contributed by atoms with Crippen LogP contribution in [0, 0.1) is 12.8 Å². The van der Waals surface area contributed by atoms with E-state index in [4.69, 9.17) is 11.6 Å². The number of aromatic nitrogens is 2. The first-order chi connectivity index (χ1) is 8.74. The zero-order valence-electron chi connectivity index (χ0n) is 11.5. The van der Waals surface area contributed by atoms with Gasteiger partial charge < -0.3 is 5.32 Å². The quantitative estimate of drug-likeness (QED) is 0.833. The number of nitrogens with zero attached hydrogens (tertiary/aromatic N) is 2. The first kappa shape index (κ1) is 13.9. The van der Waals surface area contributed by atoms with E-state index >= 15 is 0 Å². The van der Waals surface area contributed by atoms with Crippen LogP contribution in [0.3, 0.4) is 0 Å². The van der Waals surface area contributed by atoms with Crippen molar-refractivity contribution >= 4 is 11.6 Å². The van der Waals surface area contributed by atoms with Gasteiger partial charge in [-0.15, -0.1) is 11.6 Å². The van der Waals surface area contributed by atoms with E-state index in [1.807, 2.05) is 0 Å². The summed E-state index contributed by atoms with van der Waals surface area (Å²) < 4.78 is 2.08. The average Bonchev–Trinajstić information content (AvgIpc) is 2.77. The summed E-state index contributed by atoms with van der Waals surface area (Å²) in [6.45, 7) is 6.04. The van der Waals surface area contributed by atoms with Gasteiger partial charge in [0.1, 0.15) is 0 Å². The largest absolute Gasteiger partial charge is 0.308 e. The molecule has 2 rings (SSSR count). The predicted octanol–water partition coefficient (Wildman–Crippen LogP) is 3.10. The molecule has 4 heteroatoms. The fourth-order valence-electron chi connectivity index (χ4n) is 2.91. The first-order valence-corrected chi connectivity index (χ1v) is 7.60. The molecule has 1 aromatic rings. The van der Waals surface area contributed by atoms with Crippen LogP contribution in [-0.4, -0.2) is 21.7 Å². The first-order valence-electron chi connectivity index (χ1n) is 7.07. The van der Waals surface area contributed by atoms with Gasteiger partial charge in [0.15, 0.2) is 0 Å². The maximum Gasteiger partial charge on any atom is 0.0597 e. The van der Waals surface area contributed by atoms with Crippen LogP contribution >= 0.6 is 11.6 Å². The van der Waals surface area contributed by atoms with Gasteiger partial charge in [-0.2, -0.15) is 5.10 Å². The summed E-state index contributed by atoms with van der Waals surface area (Å²) in [5, 5.41) is 8.16. The monoisotopic (exact) mass is 269 g/mol. The minimum Gasteiger partial charge on any atom is -0.308 e. The molecule has 102 valence electrons. The predicted molar refractivity (Wildman–Crippen MR) is 75.9 cm³/mol. The smallest absolute Gasteiger partial charge is 0.0597 e. The van der Waals surface area contributed by atoms with Crippen LogP contribution in [0.25, 0.3) is 0 Å². The molecule has 0 aromatic carbocycles. The molecule has 1 fully saturated rings. The lowest BCUT2D eigenvalue weighted by molar-refractivity contribution is 0.280. The van der Waals surface area contributed by atoms with E-state index in [1.54, 1.807) is 0 Å². The SMILES string of the molecule is CCn1nc(C)cc1CNC1CCCCC1CCl. The number of hydrogen-bond acceptors (Lipinski definition) is 2. The molecule has 0 saturated heterocycles. The maximum atomic E-state index is 6.06. The van der Waals surface area contributed by atoms with E-state index < -0.39 is 0 Å². The zero-order valence-corrected chi connectivity index (χ0v) is 12.2. The summed E-state index contributed by atoms with van der Waals surface area (Å²) in [4.78, 5) is 0. The van der Waals surface area contributed by atoms with Gasteiger partial charge in [-0.3, -0.25) is 4.68 Å². The topological polar surface area (TPSA) is 29.9 Å². The Labute approximate surface area is 115 Å². The van der Waals surface area contributed by atoms with Crippen LogP contribution in [0.4, 0.5) is 0 Å². The molecule has 2 atom stereocenters. The van der Waals surface area contributed by atoms with Gasteiger partial charge in [0.05, 0.1) is 11.4 Å². The molecule has 2 unspecified atom stereocenters. The fourth-order valence-corrected chi connectivity index (χ4v) is 3.28. The number of hydrogen-bond donors (Lipinski definition) is 1. The van der Waals surface area contributed by atoms with E-state index in [-0.39, 0.29) is 0 Å². The van der Waals surface area contributed by atoms with Crippen LogP contribution in [0.5, 0.6) is 0 Å². The van der Waals surface area contributed by atoms with Gasteiger partial charge in [0, 0.05) is 25.0 Å². The molecule has 1 aliphatic carbocycles. The number of nitrogens with one attached hydrogen (secondary N) is 1. The molecule has 0 bridgehead atoms. The summed E-state index contributed by atoms with van der Waals surface area (Å²) in [5.74, 6) is 1.42. The van der Waals surface area contributed by atoms with E-state index in [2.05, 4.69) is 35.0 Å². The minimum absolute atomic E-state index is 0.580. The molecule has 0 amide bonds. The van der Waals surface area contributed by atoms with Gasteiger partial charge in [0.25, 0.3) is 0 Å². The Balaban J connectivity index is 1.93. The van der Waals surface area contributed by atoms with E-state index in [0.29, 0.717) is 12.0 Å². The molecule has 0 radical (unpaired) electrons. The number of halogens is 1. The average molecular weight is 270 g/mol. The summed E-state index contributed by atoms with van der Waals surface area (Å²) in [6, 6.07) is 2.76. The zero-order chi connectivity index (χ0) is 13.0. The molecule has 1 N–H and O–H groups in total. The fraction of sp³-hybridized carbons (Fsp3) is 0.786. The second kappa shape index (κ2) is 6.58. The summed E-state index contributed by atoms with van der Waals surface area (Å²) in [6.07, 6.45) is 5.20. The Morgan fingerprint density at radius 2 is 2.22 bits per heavy atom. The van der Waals surface area contributed by atoms with Crippen molar-refractivity contribution in [3.63, 3.8) is 0 Å². The highest BCUT2D eigenvalue weighted by Gasteiger charge is 2.24. The van der Waals surface area contributed by atoms with Gasteiger partial charge in [0.2, 0.25) is 0 Å². The van der Waals surface area contributed by atoms with Crippen LogP contribution in [-0.2, 0) is 13.1 Å². The van der Waals surface area contributed by atoms with Crippen LogP contribution in [0.15, 0.2) is 6.07 Å². The Hall–Kier alpha value is -0.540. The Bertz CT molecular complexity index is 375. The van der Waals surface area contributed by atoms with Gasteiger partial charge in [-0.1, -0.05) is 12.8 Å². The van der Waals surface area contributed by atoms with E-state index in [9.17, 15) is 0 Å². The number of rotatable bonds is 5. The molecule has 0 aliphatic heterocycles. The van der Waals surface area contributed by atoms with Crippen molar-refractivity contribution in [3.05, 3.63) is 17.5 Å². The maximum absolute atomic E-state index is 6.06. The highest BCUT2D eigenvalue weighted by Crippen LogP contribution is 2.25. The van der Waals surface area contributed by atoms with Crippen molar-refractivity contribution in [2.45, 2.75) is 58.7 Å². The molecule has 1 aliphatic rings. The lowest BCUT2D eigenvalue weighted by Gasteiger charge is -2.31. The van der Waals surface area contributed by atoms with E-state index in [0.717, 1.165) is 24.7 Å². The third-order valence-electron chi connectivity index (χ3n) is 3.94. The van der Waals surface area contributed by atoms with Crippen LogP contribution in [0.1, 0.15) is 44.0 Å². The lowest BCUT2D eigenvalue weighted by Crippen LogP contribution is -2.39. The van der Waals surface area contributed by atoms with Crippen molar-refractivity contribution in [1.29, 1.82) is 0 Å². The van der Waals surface area contributed by atoms with Crippen LogP contribution < -0.4 is 5.32 Å². The molecule has 18 heavy (non-hydrogen) atoms. The van der Waals surface area contributed by atoms with Gasteiger partial charge >= 0.3 is 0 Å². The molecule has 1 saturated carbocycles. The van der Waals surface area contributed by atoms with E-state index in [1.165, 1.54) is 31.4 Å². The van der Waals surface area contributed by atoms with Gasteiger partial charge in [-0.05, 0) is 38.7 Å². The van der Waals surface area contributed by atoms with Crippen LogP contribution in [0.2, 0.25) is 0 Å². The molecule has 0 spiro atoms. The van der Waals surface area contributed by atoms with Crippen molar-refractivity contribution in [2.75, 3.05) is 5.88 Å². The van der Waals surface area contributed by atoms with Crippen molar-refractivity contribution in [2.24, 2.45) is 5.92 Å². The molecular formula is C14H24ClN3. The summed E-state index contributed by atoms with van der Waals surface area (Å²) >= 11 is 6.06. The lowest BCUT2D eigenvalue weighted by atomic mass is 9.86. The molecule has 1 aromatic heterocycles. The molecular weight excluding hydrogens is 246 g/mol. The minimum atomic E-state index is 0.580. The third-order valence-corrected chi connectivity index (χ3v) is 4.33. The third kappa shape index (κ3) is 3.27. The highest BCUT2D eigenvalue weighted by molar-refractivity contribution is 6.18. The molecule has 3 nitrogen and oxygen atoms in total.